The summed E-state index contributed by atoms with van der Waals surface area (Å²) < 4.78 is 31.7. The van der Waals surface area contributed by atoms with Crippen LogP contribution in [0.15, 0.2) is 59.1 Å². The van der Waals surface area contributed by atoms with Crippen LogP contribution in [-0.2, 0) is 4.79 Å². The largest absolute Gasteiger partial charge is 0.316 e. The van der Waals surface area contributed by atoms with Crippen LogP contribution in [0, 0.1) is 11.6 Å². The minimum absolute atomic E-state index is 0.143. The molecule has 1 N–H and O–H groups in total. The second-order valence-corrected chi connectivity index (χ2v) is 6.60. The fraction of sp³-hybridized carbons (Fsp3) is 0.176. The molecule has 3 aliphatic heterocycles. The molecule has 0 aromatic heterocycles. The summed E-state index contributed by atoms with van der Waals surface area (Å²) in [6.07, 6.45) is 8.28. The third-order valence-electron chi connectivity index (χ3n) is 4.01. The van der Waals surface area contributed by atoms with Gasteiger partial charge in [-0.15, -0.1) is 0 Å². The van der Waals surface area contributed by atoms with E-state index in [2.05, 4.69) is 9.82 Å². The molecule has 1 aromatic carbocycles. The molecule has 5 nitrogen and oxygen atoms in total. The van der Waals surface area contributed by atoms with Gasteiger partial charge in [-0.1, -0.05) is 0 Å². The number of halogens is 2. The second-order valence-electron chi connectivity index (χ2n) is 5.79. The third-order valence-corrected chi connectivity index (χ3v) is 4.76. The average Bonchev–Trinajstić information content (AvgIpc) is 3.23. The molecule has 3 aliphatic rings. The molecule has 1 amide bonds. The van der Waals surface area contributed by atoms with Gasteiger partial charge in [0.25, 0.3) is 0 Å². The highest BCUT2D eigenvalue weighted by Crippen LogP contribution is 2.29. The molecular weight excluding hydrogens is 346 g/mol. The summed E-state index contributed by atoms with van der Waals surface area (Å²) in [5.41, 5.74) is 2.76. The molecule has 0 aliphatic carbocycles. The molecule has 8 heteroatoms. The van der Waals surface area contributed by atoms with Crippen molar-refractivity contribution in [2.75, 3.05) is 6.54 Å². The number of allylic oxidation sites excluding steroid dienone is 2. The van der Waals surface area contributed by atoms with E-state index in [0.29, 0.717) is 24.2 Å². The average molecular weight is 360 g/mol. The van der Waals surface area contributed by atoms with E-state index >= 15 is 0 Å². The predicted molar refractivity (Wildman–Crippen MR) is 91.7 cm³/mol. The normalized spacial score (nSPS) is 18.6. The highest BCUT2D eigenvalue weighted by Gasteiger charge is 2.24. The molecule has 3 heterocycles. The first kappa shape index (κ1) is 15.9. The fourth-order valence-corrected chi connectivity index (χ4v) is 3.44. The van der Waals surface area contributed by atoms with E-state index in [9.17, 15) is 13.6 Å². The third kappa shape index (κ3) is 3.30. The van der Waals surface area contributed by atoms with Crippen molar-refractivity contribution in [3.63, 3.8) is 0 Å². The lowest BCUT2D eigenvalue weighted by molar-refractivity contribution is -0.129. The predicted octanol–water partition coefficient (Wildman–Crippen LogP) is 3.05. The van der Waals surface area contributed by atoms with Crippen molar-refractivity contribution in [3.8, 4) is 0 Å². The maximum atomic E-state index is 13.3. The smallest absolute Gasteiger partial charge is 0.247 e. The second kappa shape index (κ2) is 6.36. The van der Waals surface area contributed by atoms with Crippen molar-refractivity contribution in [2.24, 2.45) is 5.10 Å². The Bertz CT molecular complexity index is 842. The van der Waals surface area contributed by atoms with Gasteiger partial charge < -0.3 is 4.72 Å². The summed E-state index contributed by atoms with van der Waals surface area (Å²) >= 11 is 1.45. The van der Waals surface area contributed by atoms with Crippen molar-refractivity contribution < 1.29 is 13.6 Å². The van der Waals surface area contributed by atoms with Crippen LogP contribution in [0.4, 0.5) is 8.78 Å². The van der Waals surface area contributed by atoms with Crippen LogP contribution in [0.5, 0.6) is 0 Å². The zero-order valence-corrected chi connectivity index (χ0v) is 13.9. The van der Waals surface area contributed by atoms with E-state index in [0.717, 1.165) is 17.3 Å². The number of rotatable bonds is 3. The molecule has 0 saturated heterocycles. The number of hydrazone groups is 1. The van der Waals surface area contributed by atoms with Crippen LogP contribution in [0.1, 0.15) is 18.4 Å². The van der Waals surface area contributed by atoms with Gasteiger partial charge in [-0.2, -0.15) is 5.10 Å². The molecule has 1 aromatic rings. The molecule has 25 heavy (non-hydrogen) atoms. The highest BCUT2D eigenvalue weighted by atomic mass is 32.2. The van der Waals surface area contributed by atoms with Crippen molar-refractivity contribution >= 4 is 23.8 Å². The lowest BCUT2D eigenvalue weighted by Gasteiger charge is -2.18. The van der Waals surface area contributed by atoms with Crippen molar-refractivity contribution in [1.82, 2.24) is 14.0 Å². The van der Waals surface area contributed by atoms with Crippen LogP contribution in [0.25, 0.3) is 0 Å². The molecule has 0 bridgehead atoms. The molecule has 0 saturated carbocycles. The first-order chi connectivity index (χ1) is 12.1. The molecule has 0 unspecified atom stereocenters. The molecule has 4 rings (SSSR count). The Morgan fingerprint density at radius 2 is 2.08 bits per heavy atom. The highest BCUT2D eigenvalue weighted by molar-refractivity contribution is 7.95. The monoisotopic (exact) mass is 360 g/mol. The van der Waals surface area contributed by atoms with Crippen LogP contribution >= 0.6 is 12.1 Å². The van der Waals surface area contributed by atoms with Crippen LogP contribution in [0.3, 0.4) is 0 Å². The lowest BCUT2D eigenvalue weighted by Crippen LogP contribution is -2.23. The number of fused-ring (bicyclic) bond motifs is 1. The maximum Gasteiger partial charge on any atom is 0.247 e. The molecular formula is C17H14F2N4OS. The molecule has 0 spiro atoms. The number of amides is 1. The van der Waals surface area contributed by atoms with Crippen LogP contribution in [-0.4, -0.2) is 27.5 Å². The number of hydrogen-bond donors (Lipinski definition) is 1. The zero-order chi connectivity index (χ0) is 17.4. The molecule has 0 atom stereocenters. The lowest BCUT2D eigenvalue weighted by atomic mass is 10.1. The van der Waals surface area contributed by atoms with Crippen LogP contribution < -0.4 is 4.72 Å². The van der Waals surface area contributed by atoms with Gasteiger partial charge in [-0.05, 0) is 29.9 Å². The maximum absolute atomic E-state index is 13.3. The molecule has 128 valence electrons. The zero-order valence-electron chi connectivity index (χ0n) is 13.1. The summed E-state index contributed by atoms with van der Waals surface area (Å²) in [7, 11) is 0. The van der Waals surface area contributed by atoms with Gasteiger partial charge >= 0.3 is 0 Å². The minimum atomic E-state index is -0.652. The number of carbonyl (C=O) groups excluding carboxylic acids is 1. The summed E-state index contributed by atoms with van der Waals surface area (Å²) in [5, 5.41) is 5.62. The fourth-order valence-electron chi connectivity index (χ4n) is 2.82. The Kier molecular flexibility index (Phi) is 4.04. The Labute approximate surface area is 147 Å². The summed E-state index contributed by atoms with van der Waals surface area (Å²) in [4.78, 5) is 12.5. The Balaban J connectivity index is 1.47. The van der Waals surface area contributed by atoms with Gasteiger partial charge in [-0.25, -0.2) is 13.8 Å². The number of carbonyl (C=O) groups is 1. The first-order valence-corrected chi connectivity index (χ1v) is 8.51. The number of benzene rings is 1. The van der Waals surface area contributed by atoms with E-state index in [-0.39, 0.29) is 12.3 Å². The van der Waals surface area contributed by atoms with Gasteiger partial charge in [-0.3, -0.25) is 9.10 Å². The van der Waals surface area contributed by atoms with Crippen molar-refractivity contribution in [3.05, 3.63) is 71.2 Å². The molecule has 0 fully saturated rings. The Morgan fingerprint density at radius 3 is 2.88 bits per heavy atom. The van der Waals surface area contributed by atoms with Gasteiger partial charge in [0.05, 0.1) is 36.5 Å². The topological polar surface area (TPSA) is 47.9 Å². The number of nitrogens with zero attached hydrogens (tertiary/aromatic N) is 3. The van der Waals surface area contributed by atoms with E-state index < -0.39 is 11.6 Å². The Hall–Kier alpha value is -2.61. The molecule has 0 radical (unpaired) electrons. The van der Waals surface area contributed by atoms with Crippen molar-refractivity contribution in [2.45, 2.75) is 12.8 Å². The van der Waals surface area contributed by atoms with Gasteiger partial charge in [0.1, 0.15) is 11.6 Å². The van der Waals surface area contributed by atoms with Gasteiger partial charge in [0.15, 0.2) is 0 Å². The standard InChI is InChI=1S/C17H14F2N4OS/c18-13-7-12(8-14(19)9-13)16-2-3-22(21-16)17(24)6-11-1-4-23-15(5-11)10-20-25-23/h1,4-5,7-10,20H,2-3,6H2. The van der Waals surface area contributed by atoms with Gasteiger partial charge in [0.2, 0.25) is 5.91 Å². The minimum Gasteiger partial charge on any atom is -0.316 e. The SMILES string of the molecule is O=C(CC1=CC2=CNSN2C=C1)N1CCC(c2cc(F)cc(F)c2)=N1. The van der Waals surface area contributed by atoms with E-state index in [4.69, 9.17) is 0 Å². The van der Waals surface area contributed by atoms with E-state index in [1.807, 2.05) is 28.9 Å². The van der Waals surface area contributed by atoms with E-state index in [1.54, 1.807) is 0 Å². The summed E-state index contributed by atoms with van der Waals surface area (Å²) in [6.45, 7) is 0.412. The van der Waals surface area contributed by atoms with Crippen LogP contribution in [0.2, 0.25) is 0 Å². The van der Waals surface area contributed by atoms with Crippen molar-refractivity contribution in [1.29, 1.82) is 0 Å². The number of nitrogens with one attached hydrogen (secondary N) is 1. The number of hydrogen-bond acceptors (Lipinski definition) is 5. The summed E-state index contributed by atoms with van der Waals surface area (Å²) in [6, 6.07) is 3.28. The van der Waals surface area contributed by atoms with E-state index in [1.165, 1.54) is 29.3 Å². The first-order valence-electron chi connectivity index (χ1n) is 7.73. The Morgan fingerprint density at radius 1 is 1.28 bits per heavy atom. The summed E-state index contributed by atoms with van der Waals surface area (Å²) in [5.74, 6) is -1.45. The van der Waals surface area contributed by atoms with Gasteiger partial charge in [0, 0.05) is 30.5 Å². The quantitative estimate of drug-likeness (QED) is 0.842.